The molecule has 0 spiro atoms. The van der Waals surface area contributed by atoms with Gasteiger partial charge in [0.05, 0.1) is 22.6 Å². The fourth-order valence-electron chi connectivity index (χ4n) is 3.23. The third-order valence-corrected chi connectivity index (χ3v) is 6.76. The van der Waals surface area contributed by atoms with Crippen LogP contribution in [0.1, 0.15) is 47.4 Å². The van der Waals surface area contributed by atoms with E-state index in [1.807, 2.05) is 0 Å². The number of nitrogens with one attached hydrogen (secondary N) is 1. The van der Waals surface area contributed by atoms with Crippen molar-refractivity contribution in [2.24, 2.45) is 0 Å². The first kappa shape index (κ1) is 17.5. The Balaban J connectivity index is 1.59. The lowest BCUT2D eigenvalue weighted by atomic mass is 10.2. The van der Waals surface area contributed by atoms with E-state index in [4.69, 9.17) is 11.6 Å². The van der Waals surface area contributed by atoms with E-state index in [1.165, 1.54) is 18.2 Å². The van der Waals surface area contributed by atoms with E-state index in [-0.39, 0.29) is 28.3 Å². The van der Waals surface area contributed by atoms with Crippen LogP contribution in [0.4, 0.5) is 10.1 Å². The number of benzene rings is 1. The summed E-state index contributed by atoms with van der Waals surface area (Å²) in [4.78, 5) is 12.5. The zero-order valence-electron chi connectivity index (χ0n) is 13.8. The lowest BCUT2D eigenvalue weighted by molar-refractivity contribution is 0.102. The molecule has 1 aromatic heterocycles. The molecule has 2 aliphatic rings. The van der Waals surface area contributed by atoms with E-state index < -0.39 is 21.6 Å². The number of carbonyl (C=O) groups is 1. The highest BCUT2D eigenvalue weighted by molar-refractivity contribution is 7.91. The molecular formula is C17H17ClFN3O3S. The molecule has 4 rings (SSSR count). The Morgan fingerprint density at radius 2 is 2.04 bits per heavy atom. The smallest absolute Gasteiger partial charge is 0.276 e. The number of hydrogen-bond donors (Lipinski definition) is 1. The lowest BCUT2D eigenvalue weighted by Crippen LogP contribution is -2.17. The third kappa shape index (κ3) is 3.48. The number of carbonyl (C=O) groups excluding carboxylic acids is 1. The molecule has 0 bridgehead atoms. The molecule has 138 valence electrons. The Bertz CT molecular complexity index is 985. The zero-order valence-corrected chi connectivity index (χ0v) is 15.4. The molecule has 1 aromatic carbocycles. The van der Waals surface area contributed by atoms with Crippen LogP contribution in [0.25, 0.3) is 0 Å². The van der Waals surface area contributed by atoms with Crippen molar-refractivity contribution in [2.45, 2.75) is 31.2 Å². The molecule has 2 fully saturated rings. The number of aromatic nitrogens is 2. The van der Waals surface area contributed by atoms with Crippen LogP contribution in [0.5, 0.6) is 0 Å². The summed E-state index contributed by atoms with van der Waals surface area (Å²) in [6.45, 7) is 0. The minimum absolute atomic E-state index is 0.0586. The first-order chi connectivity index (χ1) is 12.3. The zero-order chi connectivity index (χ0) is 18.5. The van der Waals surface area contributed by atoms with Gasteiger partial charge in [0.25, 0.3) is 5.91 Å². The third-order valence-electron chi connectivity index (χ3n) is 4.72. The largest absolute Gasteiger partial charge is 0.321 e. The minimum atomic E-state index is -3.05. The van der Waals surface area contributed by atoms with E-state index in [0.29, 0.717) is 18.0 Å². The predicted octanol–water partition coefficient (Wildman–Crippen LogP) is 3.16. The lowest BCUT2D eigenvalue weighted by Gasteiger charge is -2.12. The molecule has 1 aliphatic heterocycles. The van der Waals surface area contributed by atoms with Gasteiger partial charge in [0.15, 0.2) is 15.5 Å². The molecule has 2 heterocycles. The summed E-state index contributed by atoms with van der Waals surface area (Å²) in [7, 11) is -3.05. The van der Waals surface area contributed by atoms with Crippen LogP contribution in [0, 0.1) is 5.82 Å². The minimum Gasteiger partial charge on any atom is -0.321 e. The second-order valence-corrected chi connectivity index (χ2v) is 9.45. The number of nitrogens with zero attached hydrogens (tertiary/aromatic N) is 2. The Labute approximate surface area is 155 Å². The van der Waals surface area contributed by atoms with E-state index >= 15 is 0 Å². The van der Waals surface area contributed by atoms with Crippen molar-refractivity contribution < 1.29 is 17.6 Å². The van der Waals surface area contributed by atoms with Crippen LogP contribution in [-0.2, 0) is 9.84 Å². The van der Waals surface area contributed by atoms with Crippen molar-refractivity contribution in [1.82, 2.24) is 9.78 Å². The molecule has 1 unspecified atom stereocenters. The normalized spacial score (nSPS) is 21.7. The number of sulfone groups is 1. The molecule has 1 amide bonds. The highest BCUT2D eigenvalue weighted by Gasteiger charge is 2.36. The van der Waals surface area contributed by atoms with E-state index in [9.17, 15) is 17.6 Å². The first-order valence-electron chi connectivity index (χ1n) is 8.39. The maximum atomic E-state index is 13.2. The van der Waals surface area contributed by atoms with Crippen LogP contribution < -0.4 is 5.32 Å². The number of amides is 1. The molecule has 1 atom stereocenters. The number of rotatable bonds is 4. The Morgan fingerprint density at radius 3 is 2.65 bits per heavy atom. The van der Waals surface area contributed by atoms with Crippen LogP contribution in [0.2, 0.25) is 5.02 Å². The van der Waals surface area contributed by atoms with Crippen molar-refractivity contribution in [3.63, 3.8) is 0 Å². The van der Waals surface area contributed by atoms with Crippen molar-refractivity contribution >= 4 is 33.0 Å². The summed E-state index contributed by atoms with van der Waals surface area (Å²) in [6, 6.07) is 5.43. The standard InChI is InChI=1S/C17H17ClFN3O3S/c18-13-7-11(3-4-14(13)19)20-17(23)15-8-16(10-1-2-10)22(21-15)12-5-6-26(24,25)9-12/h3-4,7-8,10,12H,1-2,5-6,9H2,(H,20,23). The van der Waals surface area contributed by atoms with Gasteiger partial charge in [-0.2, -0.15) is 5.10 Å². The van der Waals surface area contributed by atoms with Crippen LogP contribution in [0.3, 0.4) is 0 Å². The summed E-state index contributed by atoms with van der Waals surface area (Å²) in [6.07, 6.45) is 2.54. The second-order valence-electron chi connectivity index (χ2n) is 6.81. The van der Waals surface area contributed by atoms with Crippen LogP contribution >= 0.6 is 11.6 Å². The Kier molecular flexibility index (Phi) is 4.27. The summed E-state index contributed by atoms with van der Waals surface area (Å²) in [5, 5.41) is 6.96. The SMILES string of the molecule is O=C(Nc1ccc(F)c(Cl)c1)c1cc(C2CC2)n(C2CCS(=O)(=O)C2)n1. The average Bonchev–Trinajstić information content (AvgIpc) is 3.22. The van der Waals surface area contributed by atoms with Crippen molar-refractivity contribution in [1.29, 1.82) is 0 Å². The quantitative estimate of drug-likeness (QED) is 0.859. The summed E-state index contributed by atoms with van der Waals surface area (Å²) >= 11 is 5.73. The average molecular weight is 398 g/mol. The van der Waals surface area contributed by atoms with Gasteiger partial charge in [-0.15, -0.1) is 0 Å². The van der Waals surface area contributed by atoms with Crippen LogP contribution in [-0.4, -0.2) is 35.6 Å². The highest BCUT2D eigenvalue weighted by atomic mass is 35.5. The van der Waals surface area contributed by atoms with Gasteiger partial charge in [-0.1, -0.05) is 11.6 Å². The van der Waals surface area contributed by atoms with Gasteiger partial charge in [0, 0.05) is 17.3 Å². The molecule has 1 saturated carbocycles. The van der Waals surface area contributed by atoms with E-state index in [1.54, 1.807) is 10.7 Å². The van der Waals surface area contributed by atoms with Crippen LogP contribution in [0.15, 0.2) is 24.3 Å². The number of hydrogen-bond acceptors (Lipinski definition) is 4. The summed E-state index contributed by atoms with van der Waals surface area (Å²) < 4.78 is 38.5. The molecule has 0 radical (unpaired) electrons. The fraction of sp³-hybridized carbons (Fsp3) is 0.412. The van der Waals surface area contributed by atoms with Gasteiger partial charge in [-0.05, 0) is 43.5 Å². The monoisotopic (exact) mass is 397 g/mol. The van der Waals surface area contributed by atoms with Crippen molar-refractivity contribution in [3.8, 4) is 0 Å². The molecule has 1 aliphatic carbocycles. The van der Waals surface area contributed by atoms with Gasteiger partial charge in [-0.25, -0.2) is 12.8 Å². The van der Waals surface area contributed by atoms with Gasteiger partial charge >= 0.3 is 0 Å². The molecule has 1 N–H and O–H groups in total. The highest BCUT2D eigenvalue weighted by Crippen LogP contribution is 2.42. The molecular weight excluding hydrogens is 381 g/mol. The van der Waals surface area contributed by atoms with Crippen molar-refractivity contribution in [2.75, 3.05) is 16.8 Å². The Hall–Kier alpha value is -1.93. The molecule has 9 heteroatoms. The first-order valence-corrected chi connectivity index (χ1v) is 10.6. The second kappa shape index (κ2) is 6.35. The number of anilines is 1. The van der Waals surface area contributed by atoms with Gasteiger partial charge in [-0.3, -0.25) is 9.48 Å². The molecule has 6 nitrogen and oxygen atoms in total. The van der Waals surface area contributed by atoms with Crippen molar-refractivity contribution in [3.05, 3.63) is 46.5 Å². The van der Waals surface area contributed by atoms with E-state index in [0.717, 1.165) is 18.5 Å². The topological polar surface area (TPSA) is 81.1 Å². The summed E-state index contributed by atoms with van der Waals surface area (Å²) in [5.74, 6) is -0.463. The predicted molar refractivity (Wildman–Crippen MR) is 95.9 cm³/mol. The van der Waals surface area contributed by atoms with Gasteiger partial charge in [0.2, 0.25) is 0 Å². The maximum absolute atomic E-state index is 13.2. The summed E-state index contributed by atoms with van der Waals surface area (Å²) in [5.41, 5.74) is 1.50. The maximum Gasteiger partial charge on any atom is 0.276 e. The Morgan fingerprint density at radius 1 is 1.27 bits per heavy atom. The number of halogens is 2. The van der Waals surface area contributed by atoms with Gasteiger partial charge in [0.1, 0.15) is 5.82 Å². The molecule has 2 aromatic rings. The molecule has 1 saturated heterocycles. The fourth-order valence-corrected chi connectivity index (χ4v) is 5.11. The van der Waals surface area contributed by atoms with E-state index in [2.05, 4.69) is 10.4 Å². The molecule has 26 heavy (non-hydrogen) atoms. The van der Waals surface area contributed by atoms with Gasteiger partial charge < -0.3 is 5.32 Å².